The van der Waals surface area contributed by atoms with Gasteiger partial charge in [0.2, 0.25) is 0 Å². The molecule has 0 atom stereocenters. The van der Waals surface area contributed by atoms with Crippen molar-refractivity contribution in [2.45, 2.75) is 6.42 Å². The first-order valence-corrected chi connectivity index (χ1v) is 4.49. The van der Waals surface area contributed by atoms with Crippen LogP contribution >= 0.6 is 0 Å². The summed E-state index contributed by atoms with van der Waals surface area (Å²) in [6.07, 6.45) is 1.05. The largest absolute Gasteiger partial charge is 0.312 e. The smallest absolute Gasteiger partial charge is 0.164 e. The molecule has 2 rings (SSSR count). The Morgan fingerprint density at radius 1 is 1.27 bits per heavy atom. The summed E-state index contributed by atoms with van der Waals surface area (Å²) < 4.78 is 0. The molecule has 15 heavy (non-hydrogen) atoms. The molecule has 0 amide bonds. The number of hydrazine groups is 1. The summed E-state index contributed by atoms with van der Waals surface area (Å²) in [7, 11) is 0. The van der Waals surface area contributed by atoms with Crippen LogP contribution in [0, 0.1) is 0 Å². The van der Waals surface area contributed by atoms with Gasteiger partial charge in [-0.1, -0.05) is 12.1 Å². The Morgan fingerprint density at radius 3 is 2.53 bits per heavy atom. The van der Waals surface area contributed by atoms with Crippen molar-refractivity contribution in [3.05, 3.63) is 24.3 Å². The van der Waals surface area contributed by atoms with Gasteiger partial charge in [0.25, 0.3) is 0 Å². The van der Waals surface area contributed by atoms with E-state index >= 15 is 0 Å². The molecule has 5 nitrogen and oxygen atoms in total. The maximum atomic E-state index is 10.7. The topological polar surface area (TPSA) is 79.8 Å². The number of aliphatic imine (C=N–C) groups is 2. The summed E-state index contributed by atoms with van der Waals surface area (Å²) in [4.78, 5) is 19.2. The number of fused-ring (bicyclic) bond motifs is 1. The predicted molar refractivity (Wildman–Crippen MR) is 58.6 cm³/mol. The fourth-order valence-corrected chi connectivity index (χ4v) is 1.36. The maximum absolute atomic E-state index is 10.7. The molecular weight excluding hydrogens is 192 g/mol. The number of carbonyl (C=O) groups excluding carboxylic acids is 1. The number of nitrogens with zero attached hydrogens (tertiary/aromatic N) is 2. The average Bonchev–Trinajstić information content (AvgIpc) is 2.47. The van der Waals surface area contributed by atoms with Crippen LogP contribution in [0.2, 0.25) is 0 Å². The quantitative estimate of drug-likeness (QED) is 0.402. The second-order valence-electron chi connectivity index (χ2n) is 3.09. The normalized spacial score (nSPS) is 14.5. The maximum Gasteiger partial charge on any atom is 0.164 e. The van der Waals surface area contributed by atoms with Gasteiger partial charge in [0.05, 0.1) is 23.5 Å². The Labute approximate surface area is 86.7 Å². The van der Waals surface area contributed by atoms with Crippen LogP contribution < -0.4 is 11.3 Å². The second kappa shape index (κ2) is 4.02. The molecule has 0 bridgehead atoms. The van der Waals surface area contributed by atoms with Crippen LogP contribution in [-0.2, 0) is 4.79 Å². The number of amidine groups is 1. The first-order valence-electron chi connectivity index (χ1n) is 4.49. The van der Waals surface area contributed by atoms with Gasteiger partial charge in [-0.05, 0) is 12.1 Å². The Bertz CT molecular complexity index is 450. The molecule has 76 valence electrons. The highest BCUT2D eigenvalue weighted by atomic mass is 16.1. The van der Waals surface area contributed by atoms with Gasteiger partial charge in [-0.3, -0.25) is 4.79 Å². The molecule has 0 unspecified atom stereocenters. The lowest BCUT2D eigenvalue weighted by molar-refractivity contribution is -0.102. The summed E-state index contributed by atoms with van der Waals surface area (Å²) >= 11 is 0. The number of nitrogens with one attached hydrogen (secondary N) is 1. The molecule has 0 radical (unpaired) electrons. The zero-order chi connectivity index (χ0) is 10.7. The molecule has 1 aromatic carbocycles. The Kier molecular flexibility index (Phi) is 2.55. The van der Waals surface area contributed by atoms with Crippen molar-refractivity contribution in [1.29, 1.82) is 0 Å². The minimum absolute atomic E-state index is 0.328. The molecule has 1 aliphatic heterocycles. The molecule has 1 heterocycles. The number of para-hydroxylation sites is 2. The van der Waals surface area contributed by atoms with Crippen molar-refractivity contribution in [3.8, 4) is 0 Å². The number of carbonyl (C=O) groups is 1. The van der Waals surface area contributed by atoms with E-state index in [1.54, 1.807) is 0 Å². The summed E-state index contributed by atoms with van der Waals surface area (Å²) in [5.41, 5.74) is 4.27. The minimum atomic E-state index is 0.328. The van der Waals surface area contributed by atoms with Crippen LogP contribution in [0.15, 0.2) is 34.3 Å². The van der Waals surface area contributed by atoms with Crippen molar-refractivity contribution in [2.75, 3.05) is 0 Å². The number of nitrogens with two attached hydrogens (primary N) is 1. The highest BCUT2D eigenvalue weighted by Crippen LogP contribution is 2.29. The van der Waals surface area contributed by atoms with E-state index in [4.69, 9.17) is 5.84 Å². The van der Waals surface area contributed by atoms with E-state index in [1.807, 2.05) is 24.3 Å². The van der Waals surface area contributed by atoms with Gasteiger partial charge in [-0.15, -0.1) is 0 Å². The molecule has 0 spiro atoms. The minimum Gasteiger partial charge on any atom is -0.312 e. The summed E-state index contributed by atoms with van der Waals surface area (Å²) in [5.74, 6) is 5.83. The monoisotopic (exact) mass is 202 g/mol. The van der Waals surface area contributed by atoms with Crippen LogP contribution in [0.1, 0.15) is 6.42 Å². The third-order valence-corrected chi connectivity index (χ3v) is 2.05. The fraction of sp³-hybridized carbons (Fsp3) is 0.100. The van der Waals surface area contributed by atoms with Crippen LogP contribution in [0.3, 0.4) is 0 Å². The van der Waals surface area contributed by atoms with Gasteiger partial charge >= 0.3 is 0 Å². The van der Waals surface area contributed by atoms with Crippen LogP contribution in [0.25, 0.3) is 0 Å². The number of aldehydes is 1. The van der Waals surface area contributed by atoms with E-state index in [0.717, 1.165) is 6.29 Å². The number of rotatable bonds is 1. The van der Waals surface area contributed by atoms with Gasteiger partial charge in [-0.2, -0.15) is 0 Å². The molecule has 1 aliphatic rings. The Balaban J connectivity index is 2.55. The van der Waals surface area contributed by atoms with Gasteiger partial charge in [0.15, 0.2) is 6.29 Å². The number of benzene rings is 1. The standard InChI is InChI=1S/C10H10N4O/c11-14-10-5-7(6-15)12-8-3-1-2-4-9(8)13-10/h1-4,6H,5,11H2,(H,13,14). The van der Waals surface area contributed by atoms with Crippen molar-refractivity contribution in [2.24, 2.45) is 15.8 Å². The molecule has 3 N–H and O–H groups in total. The molecule has 0 fully saturated rings. The van der Waals surface area contributed by atoms with E-state index in [-0.39, 0.29) is 0 Å². The van der Waals surface area contributed by atoms with Crippen molar-refractivity contribution < 1.29 is 4.79 Å². The number of hydrogen-bond acceptors (Lipinski definition) is 5. The predicted octanol–water partition coefficient (Wildman–Crippen LogP) is 0.855. The highest BCUT2D eigenvalue weighted by Gasteiger charge is 2.11. The molecule has 0 saturated carbocycles. The summed E-state index contributed by atoms with van der Waals surface area (Å²) in [5, 5.41) is 0. The van der Waals surface area contributed by atoms with E-state index in [2.05, 4.69) is 15.4 Å². The first kappa shape index (κ1) is 9.54. The lowest BCUT2D eigenvalue weighted by Crippen LogP contribution is -2.31. The van der Waals surface area contributed by atoms with E-state index in [0.29, 0.717) is 29.3 Å². The second-order valence-corrected chi connectivity index (χ2v) is 3.09. The molecular formula is C10H10N4O. The molecule has 0 aliphatic carbocycles. The van der Waals surface area contributed by atoms with Crippen molar-refractivity contribution in [3.63, 3.8) is 0 Å². The van der Waals surface area contributed by atoms with Crippen molar-refractivity contribution >= 4 is 29.2 Å². The lowest BCUT2D eigenvalue weighted by Gasteiger charge is -2.00. The van der Waals surface area contributed by atoms with Crippen LogP contribution in [-0.4, -0.2) is 17.8 Å². The van der Waals surface area contributed by atoms with Gasteiger partial charge in [0, 0.05) is 0 Å². The van der Waals surface area contributed by atoms with Crippen molar-refractivity contribution in [1.82, 2.24) is 5.43 Å². The summed E-state index contributed by atoms with van der Waals surface area (Å²) in [6.45, 7) is 0. The van der Waals surface area contributed by atoms with Crippen LogP contribution in [0.5, 0.6) is 0 Å². The van der Waals surface area contributed by atoms with E-state index < -0.39 is 0 Å². The number of hydrogen-bond donors (Lipinski definition) is 2. The fourth-order valence-electron chi connectivity index (χ4n) is 1.36. The Morgan fingerprint density at radius 2 is 1.93 bits per heavy atom. The molecule has 0 aromatic heterocycles. The summed E-state index contributed by atoms with van der Waals surface area (Å²) in [6, 6.07) is 7.34. The van der Waals surface area contributed by atoms with Gasteiger partial charge in [0.1, 0.15) is 5.84 Å². The third-order valence-electron chi connectivity index (χ3n) is 2.05. The zero-order valence-corrected chi connectivity index (χ0v) is 7.97. The van der Waals surface area contributed by atoms with Gasteiger partial charge < -0.3 is 5.43 Å². The average molecular weight is 202 g/mol. The SMILES string of the molecule is NNC1=Nc2ccccc2N=C(C=O)C1. The van der Waals surface area contributed by atoms with E-state index in [9.17, 15) is 4.79 Å². The molecule has 1 aromatic rings. The molecule has 0 saturated heterocycles. The van der Waals surface area contributed by atoms with E-state index in [1.165, 1.54) is 0 Å². The third kappa shape index (κ3) is 1.92. The lowest BCUT2D eigenvalue weighted by atomic mass is 10.2. The Hall–Kier alpha value is -2.01. The van der Waals surface area contributed by atoms with Crippen LogP contribution in [0.4, 0.5) is 11.4 Å². The zero-order valence-electron chi connectivity index (χ0n) is 7.97. The first-order chi connectivity index (χ1) is 7.33. The highest BCUT2D eigenvalue weighted by molar-refractivity contribution is 6.34. The molecule has 5 heteroatoms. The van der Waals surface area contributed by atoms with Gasteiger partial charge in [-0.25, -0.2) is 15.8 Å².